The standard InChI is InChI=1S/C8H13NO2/c1-6(8(10)11)7-2-4-9-5-3-7/h9H,2-5H2,1H3,(H,10,11). The van der Waals surface area contributed by atoms with E-state index < -0.39 is 5.97 Å². The van der Waals surface area contributed by atoms with E-state index in [1.807, 2.05) is 0 Å². The molecule has 1 aliphatic heterocycles. The number of aliphatic carboxylic acids is 1. The number of carboxylic acids is 1. The van der Waals surface area contributed by atoms with Gasteiger partial charge in [-0.15, -0.1) is 0 Å². The fraction of sp³-hybridized carbons (Fsp3) is 0.625. The van der Waals surface area contributed by atoms with Crippen molar-refractivity contribution in [2.75, 3.05) is 13.1 Å². The molecule has 1 fully saturated rings. The van der Waals surface area contributed by atoms with Gasteiger partial charge in [0.2, 0.25) is 0 Å². The van der Waals surface area contributed by atoms with Gasteiger partial charge in [0, 0.05) is 5.57 Å². The van der Waals surface area contributed by atoms with Gasteiger partial charge in [-0.25, -0.2) is 4.79 Å². The maximum absolute atomic E-state index is 10.5. The molecular formula is C8H13NO2. The lowest BCUT2D eigenvalue weighted by Crippen LogP contribution is -2.24. The summed E-state index contributed by atoms with van der Waals surface area (Å²) in [4.78, 5) is 10.5. The first-order valence-corrected chi connectivity index (χ1v) is 3.84. The van der Waals surface area contributed by atoms with Gasteiger partial charge < -0.3 is 10.4 Å². The van der Waals surface area contributed by atoms with E-state index in [1.165, 1.54) is 0 Å². The number of carbonyl (C=O) groups is 1. The molecule has 0 aliphatic carbocycles. The Balaban J connectivity index is 2.68. The maximum atomic E-state index is 10.5. The summed E-state index contributed by atoms with van der Waals surface area (Å²) < 4.78 is 0. The fourth-order valence-corrected chi connectivity index (χ4v) is 1.25. The third-order valence-electron chi connectivity index (χ3n) is 2.06. The Hall–Kier alpha value is -0.830. The Morgan fingerprint density at radius 2 is 2.00 bits per heavy atom. The molecule has 0 aromatic rings. The summed E-state index contributed by atoms with van der Waals surface area (Å²) in [6.45, 7) is 3.52. The van der Waals surface area contributed by atoms with E-state index in [0.717, 1.165) is 31.5 Å². The van der Waals surface area contributed by atoms with Gasteiger partial charge in [-0.3, -0.25) is 0 Å². The molecule has 1 saturated heterocycles. The summed E-state index contributed by atoms with van der Waals surface area (Å²) in [6, 6.07) is 0. The molecule has 1 aliphatic rings. The van der Waals surface area contributed by atoms with Crippen molar-refractivity contribution >= 4 is 5.97 Å². The molecule has 62 valence electrons. The van der Waals surface area contributed by atoms with Crippen LogP contribution in [-0.2, 0) is 4.79 Å². The van der Waals surface area contributed by atoms with E-state index in [0.29, 0.717) is 5.57 Å². The Morgan fingerprint density at radius 3 is 2.45 bits per heavy atom. The Kier molecular flexibility index (Phi) is 2.65. The highest BCUT2D eigenvalue weighted by Crippen LogP contribution is 2.14. The van der Waals surface area contributed by atoms with Crippen molar-refractivity contribution < 1.29 is 9.90 Å². The van der Waals surface area contributed by atoms with Gasteiger partial charge in [-0.05, 0) is 32.9 Å². The molecule has 0 aromatic carbocycles. The molecule has 0 unspecified atom stereocenters. The number of carboxylic acid groups (broad SMARTS) is 1. The van der Waals surface area contributed by atoms with Gasteiger partial charge in [-0.1, -0.05) is 5.57 Å². The van der Waals surface area contributed by atoms with Gasteiger partial charge in [-0.2, -0.15) is 0 Å². The summed E-state index contributed by atoms with van der Waals surface area (Å²) in [7, 11) is 0. The highest BCUT2D eigenvalue weighted by atomic mass is 16.4. The fourth-order valence-electron chi connectivity index (χ4n) is 1.25. The molecule has 1 heterocycles. The molecule has 1 rings (SSSR count). The molecule has 11 heavy (non-hydrogen) atoms. The van der Waals surface area contributed by atoms with E-state index in [4.69, 9.17) is 5.11 Å². The average Bonchev–Trinajstić information content (AvgIpc) is 2.05. The predicted molar refractivity (Wildman–Crippen MR) is 42.4 cm³/mol. The van der Waals surface area contributed by atoms with Gasteiger partial charge in [0.25, 0.3) is 0 Å². The van der Waals surface area contributed by atoms with Crippen LogP contribution in [0.5, 0.6) is 0 Å². The summed E-state index contributed by atoms with van der Waals surface area (Å²) >= 11 is 0. The van der Waals surface area contributed by atoms with Gasteiger partial charge in [0.1, 0.15) is 0 Å². The van der Waals surface area contributed by atoms with E-state index >= 15 is 0 Å². The zero-order chi connectivity index (χ0) is 8.27. The van der Waals surface area contributed by atoms with Gasteiger partial charge >= 0.3 is 5.97 Å². The number of hydrogen-bond acceptors (Lipinski definition) is 2. The molecule has 0 atom stereocenters. The molecule has 0 amide bonds. The minimum atomic E-state index is -0.776. The zero-order valence-electron chi connectivity index (χ0n) is 6.68. The van der Waals surface area contributed by atoms with E-state index in [9.17, 15) is 4.79 Å². The van der Waals surface area contributed by atoms with E-state index in [1.54, 1.807) is 6.92 Å². The second-order valence-electron chi connectivity index (χ2n) is 2.78. The van der Waals surface area contributed by atoms with Crippen molar-refractivity contribution in [2.45, 2.75) is 19.8 Å². The monoisotopic (exact) mass is 155 g/mol. The number of hydrogen-bond donors (Lipinski definition) is 2. The van der Waals surface area contributed by atoms with Crippen LogP contribution >= 0.6 is 0 Å². The highest BCUT2D eigenvalue weighted by Gasteiger charge is 2.11. The van der Waals surface area contributed by atoms with Crippen molar-refractivity contribution in [3.8, 4) is 0 Å². The lowest BCUT2D eigenvalue weighted by molar-refractivity contribution is -0.132. The average molecular weight is 155 g/mol. The molecule has 0 aromatic heterocycles. The van der Waals surface area contributed by atoms with Gasteiger partial charge in [0.15, 0.2) is 0 Å². The number of nitrogens with one attached hydrogen (secondary N) is 1. The molecule has 3 heteroatoms. The quantitative estimate of drug-likeness (QED) is 0.550. The Bertz CT molecular complexity index is 188. The topological polar surface area (TPSA) is 49.3 Å². The predicted octanol–water partition coefficient (Wildman–Crippen LogP) is 0.771. The number of piperidine rings is 1. The number of rotatable bonds is 1. The van der Waals surface area contributed by atoms with Crippen LogP contribution in [0.2, 0.25) is 0 Å². The lowest BCUT2D eigenvalue weighted by atomic mass is 10.0. The van der Waals surface area contributed by atoms with Crippen LogP contribution in [0.25, 0.3) is 0 Å². The first-order valence-electron chi connectivity index (χ1n) is 3.84. The molecule has 0 spiro atoms. The minimum Gasteiger partial charge on any atom is -0.478 e. The first-order chi connectivity index (χ1) is 5.22. The Morgan fingerprint density at radius 1 is 1.45 bits per heavy atom. The Labute approximate surface area is 66.1 Å². The van der Waals surface area contributed by atoms with Gasteiger partial charge in [0.05, 0.1) is 0 Å². The van der Waals surface area contributed by atoms with Crippen molar-refractivity contribution in [1.29, 1.82) is 0 Å². The second kappa shape index (κ2) is 3.53. The van der Waals surface area contributed by atoms with Crippen molar-refractivity contribution in [3.63, 3.8) is 0 Å². The van der Waals surface area contributed by atoms with Crippen LogP contribution in [0.4, 0.5) is 0 Å². The zero-order valence-corrected chi connectivity index (χ0v) is 6.68. The van der Waals surface area contributed by atoms with E-state index in [-0.39, 0.29) is 0 Å². The summed E-state index contributed by atoms with van der Waals surface area (Å²) in [5, 5.41) is 11.8. The second-order valence-corrected chi connectivity index (χ2v) is 2.78. The smallest absolute Gasteiger partial charge is 0.331 e. The van der Waals surface area contributed by atoms with Crippen LogP contribution in [0.15, 0.2) is 11.1 Å². The molecule has 2 N–H and O–H groups in total. The normalized spacial score (nSPS) is 18.1. The van der Waals surface area contributed by atoms with Crippen molar-refractivity contribution in [1.82, 2.24) is 5.32 Å². The molecule has 3 nitrogen and oxygen atoms in total. The molecule has 0 saturated carbocycles. The van der Waals surface area contributed by atoms with Crippen molar-refractivity contribution in [3.05, 3.63) is 11.1 Å². The highest BCUT2D eigenvalue weighted by molar-refractivity contribution is 5.86. The van der Waals surface area contributed by atoms with Crippen molar-refractivity contribution in [2.24, 2.45) is 0 Å². The van der Waals surface area contributed by atoms with Crippen LogP contribution in [0.3, 0.4) is 0 Å². The van der Waals surface area contributed by atoms with E-state index in [2.05, 4.69) is 5.32 Å². The third kappa shape index (κ3) is 2.05. The minimum absolute atomic E-state index is 0.534. The third-order valence-corrected chi connectivity index (χ3v) is 2.06. The summed E-state index contributed by atoms with van der Waals surface area (Å²) in [5.74, 6) is -0.776. The summed E-state index contributed by atoms with van der Waals surface area (Å²) in [5.41, 5.74) is 1.63. The lowest BCUT2D eigenvalue weighted by Gasteiger charge is -2.16. The van der Waals surface area contributed by atoms with Crippen LogP contribution in [-0.4, -0.2) is 24.2 Å². The van der Waals surface area contributed by atoms with Crippen LogP contribution in [0, 0.1) is 0 Å². The largest absolute Gasteiger partial charge is 0.478 e. The SMILES string of the molecule is CC(C(=O)O)=C1CCNCC1. The summed E-state index contributed by atoms with van der Waals surface area (Å²) in [6.07, 6.45) is 1.77. The van der Waals surface area contributed by atoms with Crippen LogP contribution < -0.4 is 5.32 Å². The first kappa shape index (κ1) is 8.27. The maximum Gasteiger partial charge on any atom is 0.331 e. The molecular weight excluding hydrogens is 142 g/mol. The van der Waals surface area contributed by atoms with Crippen LogP contribution in [0.1, 0.15) is 19.8 Å². The molecule has 0 radical (unpaired) electrons. The molecule has 0 bridgehead atoms.